The van der Waals surface area contributed by atoms with Crippen LogP contribution in [0.15, 0.2) is 48.8 Å². The van der Waals surface area contributed by atoms with Gasteiger partial charge in [-0.1, -0.05) is 24.3 Å². The number of nitrogens with one attached hydrogen (secondary N) is 1. The highest BCUT2D eigenvalue weighted by Gasteiger charge is 2.42. The smallest absolute Gasteiger partial charge is 0.337 e. The monoisotopic (exact) mass is 366 g/mol. The standard InChI is InChI=1S/C22H26N2O3/c1-4-14-12-24-10-9-16-15-7-5-6-8-19(15)23-21(16)20(24)11-17(14)18(13-26-2)22(25)27-3/h4-8,13-14,17,20,23H,1,9-12H2,2-3H3/b18-13+. The predicted octanol–water partition coefficient (Wildman–Crippen LogP) is 3.59. The van der Waals surface area contributed by atoms with Crippen molar-refractivity contribution in [2.24, 2.45) is 11.8 Å². The Kier molecular flexibility index (Phi) is 4.79. The van der Waals surface area contributed by atoms with E-state index < -0.39 is 0 Å². The van der Waals surface area contributed by atoms with Crippen LogP contribution >= 0.6 is 0 Å². The minimum Gasteiger partial charge on any atom is -0.504 e. The van der Waals surface area contributed by atoms with Gasteiger partial charge in [0.2, 0.25) is 0 Å². The topological polar surface area (TPSA) is 54.6 Å². The molecule has 1 fully saturated rings. The molecule has 3 atom stereocenters. The third-order valence-electron chi connectivity index (χ3n) is 6.08. The van der Waals surface area contributed by atoms with Crippen molar-refractivity contribution in [1.29, 1.82) is 0 Å². The van der Waals surface area contributed by atoms with E-state index in [9.17, 15) is 4.79 Å². The minimum atomic E-state index is -0.324. The Balaban J connectivity index is 1.74. The molecular weight excluding hydrogens is 340 g/mol. The van der Waals surface area contributed by atoms with E-state index in [1.165, 1.54) is 35.5 Å². The van der Waals surface area contributed by atoms with E-state index in [0.717, 1.165) is 25.9 Å². The summed E-state index contributed by atoms with van der Waals surface area (Å²) in [7, 11) is 2.98. The lowest BCUT2D eigenvalue weighted by molar-refractivity contribution is -0.137. The number of rotatable bonds is 4. The molecule has 0 amide bonds. The summed E-state index contributed by atoms with van der Waals surface area (Å²) in [5, 5.41) is 1.31. The van der Waals surface area contributed by atoms with Gasteiger partial charge in [-0.05, 0) is 30.4 Å². The highest BCUT2D eigenvalue weighted by atomic mass is 16.5. The van der Waals surface area contributed by atoms with Gasteiger partial charge in [0, 0.05) is 35.6 Å². The van der Waals surface area contributed by atoms with E-state index in [-0.39, 0.29) is 23.8 Å². The number of aromatic amines is 1. The van der Waals surface area contributed by atoms with E-state index in [0.29, 0.717) is 5.57 Å². The van der Waals surface area contributed by atoms with Crippen LogP contribution in [0.1, 0.15) is 23.7 Å². The van der Waals surface area contributed by atoms with Gasteiger partial charge in [-0.15, -0.1) is 6.58 Å². The molecule has 4 rings (SSSR count). The number of benzene rings is 1. The largest absolute Gasteiger partial charge is 0.504 e. The molecule has 3 heterocycles. The highest BCUT2D eigenvalue weighted by Crippen LogP contribution is 2.45. The second kappa shape index (κ2) is 7.24. The number of hydrogen-bond acceptors (Lipinski definition) is 4. The maximum atomic E-state index is 12.4. The Morgan fingerprint density at radius 2 is 2.15 bits per heavy atom. The molecule has 2 aromatic rings. The van der Waals surface area contributed by atoms with Crippen molar-refractivity contribution in [3.8, 4) is 0 Å². The first-order chi connectivity index (χ1) is 13.2. The number of H-pyrrole nitrogens is 1. The first kappa shape index (κ1) is 17.9. The van der Waals surface area contributed by atoms with Crippen LogP contribution in [0.4, 0.5) is 0 Å². The number of hydrogen-bond donors (Lipinski definition) is 1. The summed E-state index contributed by atoms with van der Waals surface area (Å²) in [5.41, 5.74) is 4.48. The number of ether oxygens (including phenoxy) is 2. The normalized spacial score (nSPS) is 25.6. The lowest BCUT2D eigenvalue weighted by atomic mass is 9.75. The van der Waals surface area contributed by atoms with Crippen LogP contribution in [0, 0.1) is 11.8 Å². The molecular formula is C22H26N2O3. The molecule has 2 aliphatic heterocycles. The molecule has 1 aromatic carbocycles. The molecule has 142 valence electrons. The molecule has 3 unspecified atom stereocenters. The molecule has 5 nitrogen and oxygen atoms in total. The zero-order valence-corrected chi connectivity index (χ0v) is 15.9. The molecule has 1 aromatic heterocycles. The average molecular weight is 366 g/mol. The van der Waals surface area contributed by atoms with Crippen molar-refractivity contribution in [3.05, 3.63) is 60.0 Å². The molecule has 5 heteroatoms. The Morgan fingerprint density at radius 3 is 2.89 bits per heavy atom. The maximum Gasteiger partial charge on any atom is 0.337 e. The Bertz CT molecular complexity index is 898. The summed E-state index contributed by atoms with van der Waals surface area (Å²) in [5.74, 6) is -0.115. The van der Waals surface area contributed by atoms with Crippen molar-refractivity contribution in [2.45, 2.75) is 18.9 Å². The predicted molar refractivity (Wildman–Crippen MR) is 105 cm³/mol. The third kappa shape index (κ3) is 2.96. The second-order valence-electron chi connectivity index (χ2n) is 7.37. The van der Waals surface area contributed by atoms with E-state index in [1.807, 2.05) is 6.08 Å². The van der Waals surface area contributed by atoms with Gasteiger partial charge in [0.1, 0.15) is 0 Å². The quantitative estimate of drug-likeness (QED) is 0.389. The molecule has 0 bridgehead atoms. The third-order valence-corrected chi connectivity index (χ3v) is 6.08. The second-order valence-corrected chi connectivity index (χ2v) is 7.37. The summed E-state index contributed by atoms with van der Waals surface area (Å²) in [6.07, 6.45) is 5.38. The molecule has 2 aliphatic rings. The molecule has 0 radical (unpaired) electrons. The maximum absolute atomic E-state index is 12.4. The summed E-state index contributed by atoms with van der Waals surface area (Å²) < 4.78 is 10.2. The number of esters is 1. The van der Waals surface area contributed by atoms with E-state index >= 15 is 0 Å². The first-order valence-corrected chi connectivity index (χ1v) is 9.45. The van der Waals surface area contributed by atoms with Crippen LogP contribution in [0.5, 0.6) is 0 Å². The summed E-state index contributed by atoms with van der Waals surface area (Å²) >= 11 is 0. The van der Waals surface area contributed by atoms with Gasteiger partial charge in [0.15, 0.2) is 0 Å². The number of carbonyl (C=O) groups excluding carboxylic acids is 1. The fourth-order valence-electron chi connectivity index (χ4n) is 4.80. The van der Waals surface area contributed by atoms with E-state index in [4.69, 9.17) is 9.47 Å². The van der Waals surface area contributed by atoms with Crippen LogP contribution < -0.4 is 0 Å². The van der Waals surface area contributed by atoms with Crippen molar-refractivity contribution in [3.63, 3.8) is 0 Å². The zero-order valence-electron chi connectivity index (χ0n) is 15.9. The zero-order chi connectivity index (χ0) is 19.0. The molecule has 1 saturated heterocycles. The number of nitrogens with zero attached hydrogens (tertiary/aromatic N) is 1. The summed E-state index contributed by atoms with van der Waals surface area (Å²) in [6.45, 7) is 5.93. The van der Waals surface area contributed by atoms with Gasteiger partial charge < -0.3 is 14.5 Å². The van der Waals surface area contributed by atoms with Gasteiger partial charge in [-0.2, -0.15) is 0 Å². The SMILES string of the molecule is C=CC1CN2CCc3c([nH]c4ccccc34)C2CC1/C(=C\OC)C(=O)OC. The fraction of sp³-hybridized carbons (Fsp3) is 0.409. The highest BCUT2D eigenvalue weighted by molar-refractivity contribution is 5.89. The van der Waals surface area contributed by atoms with Crippen LogP contribution in [0.3, 0.4) is 0 Å². The van der Waals surface area contributed by atoms with Gasteiger partial charge in [0.05, 0.1) is 32.1 Å². The van der Waals surface area contributed by atoms with Gasteiger partial charge in [-0.25, -0.2) is 4.79 Å². The summed E-state index contributed by atoms with van der Waals surface area (Å²) in [6, 6.07) is 8.74. The van der Waals surface area contributed by atoms with Crippen LogP contribution in [0.25, 0.3) is 10.9 Å². The van der Waals surface area contributed by atoms with Crippen molar-refractivity contribution < 1.29 is 14.3 Å². The first-order valence-electron chi connectivity index (χ1n) is 9.45. The lowest BCUT2D eigenvalue weighted by Crippen LogP contribution is -2.46. The minimum absolute atomic E-state index is 0.0218. The number of piperidine rings is 1. The van der Waals surface area contributed by atoms with Gasteiger partial charge in [0.25, 0.3) is 0 Å². The van der Waals surface area contributed by atoms with Crippen molar-refractivity contribution in [2.75, 3.05) is 27.3 Å². The molecule has 0 saturated carbocycles. The van der Waals surface area contributed by atoms with Gasteiger partial charge >= 0.3 is 5.97 Å². The molecule has 1 N–H and O–H groups in total. The number of aromatic nitrogens is 1. The van der Waals surface area contributed by atoms with Crippen molar-refractivity contribution >= 4 is 16.9 Å². The van der Waals surface area contributed by atoms with Gasteiger partial charge in [-0.3, -0.25) is 4.90 Å². The fourth-order valence-corrected chi connectivity index (χ4v) is 4.80. The van der Waals surface area contributed by atoms with Crippen molar-refractivity contribution in [1.82, 2.24) is 9.88 Å². The number of methoxy groups -OCH3 is 2. The van der Waals surface area contributed by atoms with E-state index in [1.54, 1.807) is 7.11 Å². The van der Waals surface area contributed by atoms with E-state index in [2.05, 4.69) is 40.7 Å². The average Bonchev–Trinajstić information content (AvgIpc) is 3.09. The molecule has 0 spiro atoms. The van der Waals surface area contributed by atoms with Crippen LogP contribution in [-0.2, 0) is 20.7 Å². The Morgan fingerprint density at radius 1 is 1.33 bits per heavy atom. The molecule has 27 heavy (non-hydrogen) atoms. The number of para-hydroxylation sites is 1. The molecule has 0 aliphatic carbocycles. The number of fused-ring (bicyclic) bond motifs is 5. The van der Waals surface area contributed by atoms with Crippen LogP contribution in [-0.4, -0.2) is 43.2 Å². The summed E-state index contributed by atoms with van der Waals surface area (Å²) in [4.78, 5) is 18.5. The van der Waals surface area contributed by atoms with Crippen LogP contribution in [0.2, 0.25) is 0 Å². The Hall–Kier alpha value is -2.53. The number of carbonyl (C=O) groups is 1. The Labute approximate surface area is 159 Å². The lowest BCUT2D eigenvalue weighted by Gasteiger charge is -2.45.